The molecule has 0 unspecified atom stereocenters. The van der Waals surface area contributed by atoms with Crippen LogP contribution in [0.3, 0.4) is 0 Å². The molecule has 0 radical (unpaired) electrons. The van der Waals surface area contributed by atoms with Crippen molar-refractivity contribution in [2.24, 2.45) is 0 Å². The zero-order chi connectivity index (χ0) is 14.9. The highest BCUT2D eigenvalue weighted by atomic mass is 16.6. The van der Waals surface area contributed by atoms with Crippen LogP contribution in [-0.2, 0) is 12.8 Å². The first-order valence-electron chi connectivity index (χ1n) is 6.47. The van der Waals surface area contributed by atoms with Gasteiger partial charge < -0.3 is 5.73 Å². The Balaban J connectivity index is 2.71. The van der Waals surface area contributed by atoms with Crippen molar-refractivity contribution in [1.82, 2.24) is 14.8 Å². The summed E-state index contributed by atoms with van der Waals surface area (Å²) in [6.45, 7) is 5.58. The Bertz CT molecular complexity index is 663. The SMILES string of the molecule is CCc1nn(-c2ncc(C)cc2N)c(CC)c1[N+](=O)[O-]. The number of hydrogen-bond acceptors (Lipinski definition) is 5. The smallest absolute Gasteiger partial charge is 0.313 e. The Hall–Kier alpha value is -2.44. The van der Waals surface area contributed by atoms with E-state index in [2.05, 4.69) is 10.1 Å². The average molecular weight is 275 g/mol. The number of pyridine rings is 1. The first kappa shape index (κ1) is 14.0. The van der Waals surface area contributed by atoms with Gasteiger partial charge in [-0.1, -0.05) is 13.8 Å². The van der Waals surface area contributed by atoms with E-state index < -0.39 is 0 Å². The minimum atomic E-state index is -0.383. The second kappa shape index (κ2) is 5.28. The third-order valence-electron chi connectivity index (χ3n) is 3.11. The van der Waals surface area contributed by atoms with E-state index in [1.54, 1.807) is 12.3 Å². The third-order valence-corrected chi connectivity index (χ3v) is 3.11. The minimum Gasteiger partial charge on any atom is -0.396 e. The highest BCUT2D eigenvalue weighted by Gasteiger charge is 2.27. The van der Waals surface area contributed by atoms with Crippen molar-refractivity contribution in [2.45, 2.75) is 33.6 Å². The van der Waals surface area contributed by atoms with Crippen molar-refractivity contribution < 1.29 is 4.92 Å². The molecule has 0 spiro atoms. The molecule has 0 amide bonds. The van der Waals surface area contributed by atoms with Gasteiger partial charge in [0.05, 0.1) is 10.6 Å². The Morgan fingerprint density at radius 2 is 2.10 bits per heavy atom. The van der Waals surface area contributed by atoms with Crippen LogP contribution < -0.4 is 5.73 Å². The molecular weight excluding hydrogens is 258 g/mol. The summed E-state index contributed by atoms with van der Waals surface area (Å²) >= 11 is 0. The molecule has 2 rings (SSSR count). The van der Waals surface area contributed by atoms with Crippen molar-refractivity contribution in [2.75, 3.05) is 5.73 Å². The van der Waals surface area contributed by atoms with Crippen LogP contribution in [-0.4, -0.2) is 19.7 Å². The maximum atomic E-state index is 11.2. The summed E-state index contributed by atoms with van der Waals surface area (Å²) in [5.74, 6) is 0.440. The van der Waals surface area contributed by atoms with Gasteiger partial charge in [-0.3, -0.25) is 10.1 Å². The summed E-state index contributed by atoms with van der Waals surface area (Å²) in [5, 5.41) is 15.6. The van der Waals surface area contributed by atoms with E-state index in [1.807, 2.05) is 20.8 Å². The van der Waals surface area contributed by atoms with Crippen molar-refractivity contribution in [3.63, 3.8) is 0 Å². The Morgan fingerprint density at radius 3 is 2.60 bits per heavy atom. The van der Waals surface area contributed by atoms with E-state index >= 15 is 0 Å². The van der Waals surface area contributed by atoms with Gasteiger partial charge in [0.2, 0.25) is 0 Å². The fourth-order valence-electron chi connectivity index (χ4n) is 2.20. The van der Waals surface area contributed by atoms with Gasteiger partial charge in [0.1, 0.15) is 11.4 Å². The second-order valence-electron chi connectivity index (χ2n) is 4.54. The van der Waals surface area contributed by atoms with Gasteiger partial charge in [0, 0.05) is 6.20 Å². The van der Waals surface area contributed by atoms with Crippen LogP contribution in [0, 0.1) is 17.0 Å². The first-order valence-corrected chi connectivity index (χ1v) is 6.47. The maximum Gasteiger partial charge on any atom is 0.313 e. The summed E-state index contributed by atoms with van der Waals surface area (Å²) in [6.07, 6.45) is 2.64. The van der Waals surface area contributed by atoms with E-state index in [1.165, 1.54) is 4.68 Å². The average Bonchev–Trinajstić information content (AvgIpc) is 2.77. The summed E-state index contributed by atoms with van der Waals surface area (Å²) in [7, 11) is 0. The maximum absolute atomic E-state index is 11.2. The lowest BCUT2D eigenvalue weighted by molar-refractivity contribution is -0.386. The summed E-state index contributed by atoms with van der Waals surface area (Å²) < 4.78 is 1.49. The number of nitro groups is 1. The van der Waals surface area contributed by atoms with Gasteiger partial charge in [0.25, 0.3) is 0 Å². The molecule has 0 aliphatic carbocycles. The van der Waals surface area contributed by atoms with Crippen LogP contribution in [0.25, 0.3) is 5.82 Å². The molecule has 0 fully saturated rings. The molecule has 0 atom stereocenters. The van der Waals surface area contributed by atoms with Crippen LogP contribution >= 0.6 is 0 Å². The lowest BCUT2D eigenvalue weighted by Crippen LogP contribution is -2.08. The van der Waals surface area contributed by atoms with Crippen molar-refractivity contribution in [3.05, 3.63) is 39.3 Å². The molecule has 106 valence electrons. The molecule has 0 aromatic carbocycles. The largest absolute Gasteiger partial charge is 0.396 e. The molecule has 2 N–H and O–H groups in total. The van der Waals surface area contributed by atoms with Gasteiger partial charge in [0.15, 0.2) is 5.82 Å². The number of aryl methyl sites for hydroxylation is 2. The predicted molar refractivity (Wildman–Crippen MR) is 75.9 cm³/mol. The topological polar surface area (TPSA) is 99.9 Å². The van der Waals surface area contributed by atoms with Crippen molar-refractivity contribution in [3.8, 4) is 5.82 Å². The van der Waals surface area contributed by atoms with Crippen molar-refractivity contribution >= 4 is 11.4 Å². The van der Waals surface area contributed by atoms with Gasteiger partial charge in [-0.05, 0) is 31.4 Å². The van der Waals surface area contributed by atoms with Crippen LogP contribution in [0.5, 0.6) is 0 Å². The molecule has 2 aromatic rings. The number of nitrogens with two attached hydrogens (primary N) is 1. The molecular formula is C13H17N5O2. The van der Waals surface area contributed by atoms with Crippen LogP contribution in [0.2, 0.25) is 0 Å². The molecule has 7 nitrogen and oxygen atoms in total. The Morgan fingerprint density at radius 1 is 1.40 bits per heavy atom. The zero-order valence-electron chi connectivity index (χ0n) is 11.8. The monoisotopic (exact) mass is 275 g/mol. The molecule has 2 aromatic heterocycles. The summed E-state index contributed by atoms with van der Waals surface area (Å²) in [6, 6.07) is 1.78. The van der Waals surface area contributed by atoms with E-state index in [9.17, 15) is 10.1 Å². The lowest BCUT2D eigenvalue weighted by Gasteiger charge is -2.07. The number of nitrogens with zero attached hydrogens (tertiary/aromatic N) is 4. The summed E-state index contributed by atoms with van der Waals surface area (Å²) in [4.78, 5) is 15.1. The van der Waals surface area contributed by atoms with Crippen molar-refractivity contribution in [1.29, 1.82) is 0 Å². The number of hydrogen-bond donors (Lipinski definition) is 1. The number of aromatic nitrogens is 3. The summed E-state index contributed by atoms with van der Waals surface area (Å²) in [5.41, 5.74) is 8.39. The molecule has 0 aliphatic heterocycles. The van der Waals surface area contributed by atoms with Crippen LogP contribution in [0.15, 0.2) is 12.3 Å². The minimum absolute atomic E-state index is 0.0665. The molecule has 7 heteroatoms. The Kier molecular flexibility index (Phi) is 3.69. The highest BCUT2D eigenvalue weighted by Crippen LogP contribution is 2.28. The van der Waals surface area contributed by atoms with Crippen LogP contribution in [0.1, 0.15) is 30.8 Å². The van der Waals surface area contributed by atoms with E-state index in [-0.39, 0.29) is 10.6 Å². The first-order chi connectivity index (χ1) is 9.49. The van der Waals surface area contributed by atoms with Gasteiger partial charge in [-0.15, -0.1) is 0 Å². The third kappa shape index (κ3) is 2.22. The fraction of sp³-hybridized carbons (Fsp3) is 0.385. The predicted octanol–water partition coefficient (Wildman–Crippen LogP) is 2.19. The molecule has 0 bridgehead atoms. The molecule has 0 saturated carbocycles. The molecule has 0 aliphatic rings. The quantitative estimate of drug-likeness (QED) is 0.681. The lowest BCUT2D eigenvalue weighted by atomic mass is 10.2. The number of rotatable bonds is 4. The van der Waals surface area contributed by atoms with E-state index in [4.69, 9.17) is 5.73 Å². The van der Waals surface area contributed by atoms with E-state index in [0.29, 0.717) is 35.7 Å². The van der Waals surface area contributed by atoms with Gasteiger partial charge in [-0.25, -0.2) is 9.67 Å². The van der Waals surface area contributed by atoms with Gasteiger partial charge in [-0.2, -0.15) is 5.10 Å². The van der Waals surface area contributed by atoms with Crippen LogP contribution in [0.4, 0.5) is 11.4 Å². The normalized spacial score (nSPS) is 10.8. The fourth-order valence-corrected chi connectivity index (χ4v) is 2.20. The van der Waals surface area contributed by atoms with E-state index in [0.717, 1.165) is 5.56 Å². The second-order valence-corrected chi connectivity index (χ2v) is 4.54. The Labute approximate surface area is 116 Å². The number of anilines is 1. The highest BCUT2D eigenvalue weighted by molar-refractivity contribution is 5.56. The molecule has 0 saturated heterocycles. The molecule has 2 heterocycles. The molecule has 20 heavy (non-hydrogen) atoms. The number of nitrogen functional groups attached to an aromatic ring is 1. The zero-order valence-corrected chi connectivity index (χ0v) is 11.8. The van der Waals surface area contributed by atoms with Gasteiger partial charge >= 0.3 is 5.69 Å². The standard InChI is InChI=1S/C13H17N5O2/c1-4-10-12(18(19)20)11(5-2)17(16-10)13-9(14)6-8(3)7-15-13/h6-7H,4-5,14H2,1-3H3.